The van der Waals surface area contributed by atoms with Crippen molar-refractivity contribution in [2.24, 2.45) is 4.99 Å². The van der Waals surface area contributed by atoms with E-state index in [2.05, 4.69) is 74.6 Å². The third-order valence-corrected chi connectivity index (χ3v) is 11.7. The number of hydrogen-bond acceptors (Lipinski definition) is 5. The number of piperidine rings is 3. The van der Waals surface area contributed by atoms with Gasteiger partial charge in [0.2, 0.25) is 11.9 Å². The molecule has 47 heavy (non-hydrogen) atoms. The van der Waals surface area contributed by atoms with Crippen molar-refractivity contribution in [1.82, 2.24) is 24.9 Å². The molecule has 0 saturated carbocycles. The van der Waals surface area contributed by atoms with Crippen LogP contribution in [0.1, 0.15) is 67.2 Å². The van der Waals surface area contributed by atoms with E-state index in [1.165, 1.54) is 32.4 Å². The van der Waals surface area contributed by atoms with E-state index >= 15 is 0 Å². The molecule has 2 N–H and O–H groups in total. The number of rotatable bonds is 6. The topological polar surface area (TPSA) is 107 Å². The lowest BCUT2D eigenvalue weighted by Gasteiger charge is -2.41. The molecule has 6 rings (SSSR count). The summed E-state index contributed by atoms with van der Waals surface area (Å²) in [5.41, 5.74) is 5.29. The second-order valence-electron chi connectivity index (χ2n) is 13.5. The van der Waals surface area contributed by atoms with Crippen LogP contribution in [0.4, 0.5) is 10.5 Å². The molecule has 3 amide bonds. The second-order valence-corrected chi connectivity index (χ2v) is 14.3. The summed E-state index contributed by atoms with van der Waals surface area (Å²) < 4.78 is 1.08. The molecule has 0 unspecified atom stereocenters. The lowest BCUT2D eigenvalue weighted by atomic mass is 9.97. The van der Waals surface area contributed by atoms with Crippen LogP contribution in [-0.4, -0.2) is 94.9 Å². The molecule has 0 aromatic heterocycles. The standard InChI is InChI=1S/C36H47BrN8O2/c1-25-20-27(21-26(2)33(25)37)22-32(34(46)43-16-10-29(11-17-43)42-14-6-3-7-15-42)40-35(39-24-38)44-18-12-30(13-19-44)45-23-28-8-4-5-9-31(28)41-36(45)47/h4-5,8-9,20-21,29-30,32H,3,6-7,10-19,22-23H2,1-2H3,(H,39,40)(H,41,47)/t32-/m1/s1. The molecule has 0 bridgehead atoms. The highest BCUT2D eigenvalue weighted by atomic mass is 79.9. The first-order chi connectivity index (χ1) is 22.8. The maximum atomic E-state index is 14.3. The number of nitrogens with zero attached hydrogens (tertiary/aromatic N) is 6. The minimum absolute atomic E-state index is 0.0242. The van der Waals surface area contributed by atoms with Crippen molar-refractivity contribution in [3.63, 3.8) is 0 Å². The SMILES string of the molecule is Cc1cc(C[C@@H](N=C(NC#N)N2CCC(N3Cc4ccccc4NC3=O)CC2)C(=O)N2CCC(N3CCCCC3)CC2)cc(C)c1Br. The van der Waals surface area contributed by atoms with E-state index in [4.69, 9.17) is 4.99 Å². The summed E-state index contributed by atoms with van der Waals surface area (Å²) in [5, 5.41) is 15.6. The summed E-state index contributed by atoms with van der Waals surface area (Å²) in [6.07, 6.45) is 9.87. The highest BCUT2D eigenvalue weighted by Crippen LogP contribution is 2.29. The first kappa shape index (κ1) is 33.3. The van der Waals surface area contributed by atoms with E-state index < -0.39 is 6.04 Å². The molecular formula is C36H47BrN8O2. The van der Waals surface area contributed by atoms with Gasteiger partial charge in [0.25, 0.3) is 0 Å². The lowest BCUT2D eigenvalue weighted by molar-refractivity contribution is -0.134. The Morgan fingerprint density at radius 2 is 1.62 bits per heavy atom. The van der Waals surface area contributed by atoms with Crippen molar-refractivity contribution in [2.75, 3.05) is 44.6 Å². The second kappa shape index (κ2) is 15.1. The fourth-order valence-electron chi connectivity index (χ4n) is 7.81. The van der Waals surface area contributed by atoms with Gasteiger partial charge in [-0.2, -0.15) is 5.26 Å². The summed E-state index contributed by atoms with van der Waals surface area (Å²) in [5.74, 6) is 0.461. The molecular weight excluding hydrogens is 656 g/mol. The maximum absolute atomic E-state index is 14.3. The number of urea groups is 1. The van der Waals surface area contributed by atoms with Gasteiger partial charge in [0.15, 0.2) is 6.19 Å². The Bertz CT molecular complexity index is 1490. The van der Waals surface area contributed by atoms with E-state index in [1.54, 1.807) is 0 Å². The number of benzene rings is 2. The average Bonchev–Trinajstić information content (AvgIpc) is 3.10. The predicted octanol–water partition coefficient (Wildman–Crippen LogP) is 5.39. The molecule has 0 spiro atoms. The molecule has 4 aliphatic rings. The van der Waals surface area contributed by atoms with Gasteiger partial charge in [-0.25, -0.2) is 9.79 Å². The summed E-state index contributed by atoms with van der Waals surface area (Å²) >= 11 is 3.68. The minimum Gasteiger partial charge on any atom is -0.342 e. The van der Waals surface area contributed by atoms with Gasteiger partial charge in [0.05, 0.1) is 0 Å². The zero-order valence-electron chi connectivity index (χ0n) is 27.7. The third-order valence-electron chi connectivity index (χ3n) is 10.4. The monoisotopic (exact) mass is 702 g/mol. The van der Waals surface area contributed by atoms with Crippen LogP contribution in [0.5, 0.6) is 0 Å². The Morgan fingerprint density at radius 3 is 2.30 bits per heavy atom. The maximum Gasteiger partial charge on any atom is 0.322 e. The number of likely N-dealkylation sites (tertiary alicyclic amines) is 3. The molecule has 4 aliphatic heterocycles. The first-order valence-electron chi connectivity index (χ1n) is 17.2. The number of hydrogen-bond donors (Lipinski definition) is 2. The molecule has 0 aliphatic carbocycles. The number of guanidine groups is 1. The zero-order valence-corrected chi connectivity index (χ0v) is 29.3. The van der Waals surface area contributed by atoms with E-state index in [0.717, 1.165) is 71.2 Å². The largest absolute Gasteiger partial charge is 0.342 e. The van der Waals surface area contributed by atoms with Gasteiger partial charge in [0, 0.05) is 61.4 Å². The lowest BCUT2D eigenvalue weighted by Crippen LogP contribution is -2.53. The van der Waals surface area contributed by atoms with E-state index in [0.29, 0.717) is 38.1 Å². The molecule has 2 aromatic carbocycles. The van der Waals surface area contributed by atoms with Crippen LogP contribution in [0.25, 0.3) is 0 Å². The van der Waals surface area contributed by atoms with Gasteiger partial charge in [-0.15, -0.1) is 0 Å². The molecule has 3 fully saturated rings. The van der Waals surface area contributed by atoms with Gasteiger partial charge in [-0.1, -0.05) is 52.7 Å². The van der Waals surface area contributed by atoms with Crippen molar-refractivity contribution in [2.45, 2.75) is 89.9 Å². The van der Waals surface area contributed by atoms with Gasteiger partial charge < -0.3 is 24.9 Å². The van der Waals surface area contributed by atoms with Crippen LogP contribution >= 0.6 is 15.9 Å². The van der Waals surface area contributed by atoms with Crippen LogP contribution in [-0.2, 0) is 17.8 Å². The van der Waals surface area contributed by atoms with Gasteiger partial charge in [0.1, 0.15) is 6.04 Å². The molecule has 0 radical (unpaired) electrons. The van der Waals surface area contributed by atoms with Crippen LogP contribution < -0.4 is 10.6 Å². The van der Waals surface area contributed by atoms with Gasteiger partial charge >= 0.3 is 6.03 Å². The summed E-state index contributed by atoms with van der Waals surface area (Å²) in [6, 6.07) is 12.1. The minimum atomic E-state index is -0.653. The predicted molar refractivity (Wildman–Crippen MR) is 188 cm³/mol. The summed E-state index contributed by atoms with van der Waals surface area (Å²) in [6.45, 7) is 9.79. The highest BCUT2D eigenvalue weighted by molar-refractivity contribution is 9.10. The normalized spacial score (nSPS) is 20.8. The fourth-order valence-corrected chi connectivity index (χ4v) is 8.04. The number of nitriles is 1. The van der Waals surface area contributed by atoms with Crippen molar-refractivity contribution in [3.05, 3.63) is 63.1 Å². The van der Waals surface area contributed by atoms with Crippen molar-refractivity contribution >= 4 is 39.5 Å². The van der Waals surface area contributed by atoms with Crippen molar-refractivity contribution < 1.29 is 9.59 Å². The smallest absolute Gasteiger partial charge is 0.322 e. The quantitative estimate of drug-likeness (QED) is 0.181. The number of carbonyl (C=O) groups excluding carboxylic acids is 2. The Hall–Kier alpha value is -3.62. The van der Waals surface area contributed by atoms with Gasteiger partial charge in [-0.05, 0) is 93.8 Å². The van der Waals surface area contributed by atoms with E-state index in [9.17, 15) is 14.9 Å². The zero-order chi connectivity index (χ0) is 32.9. The summed E-state index contributed by atoms with van der Waals surface area (Å²) in [4.78, 5) is 40.9. The number of fused-ring (bicyclic) bond motifs is 1. The highest BCUT2D eigenvalue weighted by Gasteiger charge is 2.34. The number of nitrogens with one attached hydrogen (secondary N) is 2. The molecule has 3 saturated heterocycles. The third kappa shape index (κ3) is 7.76. The first-order valence-corrected chi connectivity index (χ1v) is 18.0. The van der Waals surface area contributed by atoms with E-state index in [1.807, 2.05) is 28.0 Å². The Morgan fingerprint density at radius 1 is 0.979 bits per heavy atom. The van der Waals surface area contributed by atoms with Crippen LogP contribution in [0, 0.1) is 25.3 Å². The summed E-state index contributed by atoms with van der Waals surface area (Å²) in [7, 11) is 0. The average molecular weight is 704 g/mol. The van der Waals surface area contributed by atoms with Crippen LogP contribution in [0.15, 0.2) is 45.9 Å². The fraction of sp³-hybridized carbons (Fsp3) is 0.556. The Balaban J connectivity index is 1.18. The van der Waals surface area contributed by atoms with Gasteiger partial charge in [-0.3, -0.25) is 10.1 Å². The Labute approximate surface area is 287 Å². The number of amides is 3. The van der Waals surface area contributed by atoms with Crippen LogP contribution in [0.2, 0.25) is 0 Å². The molecule has 1 atom stereocenters. The van der Waals surface area contributed by atoms with Crippen molar-refractivity contribution in [1.29, 1.82) is 5.26 Å². The van der Waals surface area contributed by atoms with E-state index in [-0.39, 0.29) is 18.0 Å². The Kier molecular flexibility index (Phi) is 10.7. The number of aliphatic imine (C=N–C) groups is 1. The molecule has 10 nitrogen and oxygen atoms in total. The number of para-hydroxylation sites is 1. The number of carbonyl (C=O) groups is 2. The number of aryl methyl sites for hydroxylation is 2. The molecule has 250 valence electrons. The van der Waals surface area contributed by atoms with Crippen LogP contribution in [0.3, 0.4) is 0 Å². The number of halogens is 1. The van der Waals surface area contributed by atoms with Crippen molar-refractivity contribution in [3.8, 4) is 6.19 Å². The number of anilines is 1. The molecule has 2 aromatic rings. The molecule has 11 heteroatoms. The molecule has 4 heterocycles.